The van der Waals surface area contributed by atoms with Gasteiger partial charge < -0.3 is 0 Å². The zero-order valence-electron chi connectivity index (χ0n) is 26.6. The van der Waals surface area contributed by atoms with E-state index in [1.165, 1.54) is 0 Å². The van der Waals surface area contributed by atoms with Crippen molar-refractivity contribution in [3.63, 3.8) is 0 Å². The first-order valence-corrected chi connectivity index (χ1v) is 16.2. The van der Waals surface area contributed by atoms with E-state index in [-0.39, 0.29) is 0 Å². The van der Waals surface area contributed by atoms with Gasteiger partial charge in [0.25, 0.3) is 0 Å². The van der Waals surface area contributed by atoms with Crippen molar-refractivity contribution in [2.45, 2.75) is 6.92 Å². The molecule has 0 aliphatic rings. The molecule has 5 aromatic carbocycles. The number of nitrogens with zero attached hydrogens (tertiary/aromatic N) is 6. The van der Waals surface area contributed by atoms with E-state index in [4.69, 9.17) is 29.9 Å². The molecule has 9 rings (SSSR count). The third kappa shape index (κ3) is 5.26. The normalized spacial score (nSPS) is 11.4. The zero-order valence-corrected chi connectivity index (χ0v) is 26.6. The Hall–Kier alpha value is -6.66. The molecule has 9 aromatic rings. The summed E-state index contributed by atoms with van der Waals surface area (Å²) in [6.07, 6.45) is 1.83. The van der Waals surface area contributed by atoms with Crippen molar-refractivity contribution < 1.29 is 0 Å². The van der Waals surface area contributed by atoms with Crippen molar-refractivity contribution in [2.24, 2.45) is 0 Å². The molecule has 0 amide bonds. The second kappa shape index (κ2) is 11.9. The number of rotatable bonds is 5. The topological polar surface area (TPSA) is 77.3 Å². The minimum Gasteiger partial charge on any atom is -0.256 e. The minimum atomic E-state index is 0.502. The summed E-state index contributed by atoms with van der Waals surface area (Å²) in [6, 6.07) is 49.3. The number of pyridine rings is 3. The van der Waals surface area contributed by atoms with Crippen LogP contribution in [0, 0.1) is 6.92 Å². The number of aromatic nitrogens is 6. The number of aryl methyl sites for hydroxylation is 1. The molecule has 0 N–H and O–H groups in total. The average molecular weight is 629 g/mol. The molecule has 0 atom stereocenters. The van der Waals surface area contributed by atoms with Gasteiger partial charge in [-0.15, -0.1) is 0 Å². The van der Waals surface area contributed by atoms with E-state index in [0.29, 0.717) is 23.2 Å². The lowest BCUT2D eigenvalue weighted by molar-refractivity contribution is 1.06. The van der Waals surface area contributed by atoms with Crippen molar-refractivity contribution in [1.82, 2.24) is 29.9 Å². The van der Waals surface area contributed by atoms with Crippen LogP contribution in [0.5, 0.6) is 0 Å². The quantitative estimate of drug-likeness (QED) is 0.177. The lowest BCUT2D eigenvalue weighted by Gasteiger charge is -2.12. The first kappa shape index (κ1) is 28.6. The van der Waals surface area contributed by atoms with E-state index in [2.05, 4.69) is 85.8 Å². The van der Waals surface area contributed by atoms with Gasteiger partial charge in [0.1, 0.15) is 5.69 Å². The van der Waals surface area contributed by atoms with E-state index in [9.17, 15) is 0 Å². The maximum Gasteiger partial charge on any atom is 0.182 e. The number of para-hydroxylation sites is 1. The molecule has 0 aliphatic heterocycles. The van der Waals surface area contributed by atoms with Crippen LogP contribution in [-0.2, 0) is 0 Å². The molecule has 49 heavy (non-hydrogen) atoms. The molecule has 0 saturated carbocycles. The molecule has 4 heterocycles. The Bertz CT molecular complexity index is 2670. The molecule has 0 unspecified atom stereocenters. The van der Waals surface area contributed by atoms with Crippen LogP contribution in [0.3, 0.4) is 0 Å². The summed E-state index contributed by atoms with van der Waals surface area (Å²) in [5, 5.41) is 3.16. The number of hydrogen-bond acceptors (Lipinski definition) is 6. The first-order chi connectivity index (χ1) is 24.2. The highest BCUT2D eigenvalue weighted by molar-refractivity contribution is 6.05. The van der Waals surface area contributed by atoms with Crippen LogP contribution in [-0.4, -0.2) is 29.9 Å². The summed E-state index contributed by atoms with van der Waals surface area (Å²) in [5.74, 6) is 1.66. The van der Waals surface area contributed by atoms with Crippen molar-refractivity contribution in [1.29, 1.82) is 0 Å². The molecule has 0 fully saturated rings. The summed E-state index contributed by atoms with van der Waals surface area (Å²) >= 11 is 0. The maximum absolute atomic E-state index is 5.21. The largest absolute Gasteiger partial charge is 0.256 e. The van der Waals surface area contributed by atoms with E-state index in [1.807, 2.05) is 72.9 Å². The molecule has 0 spiro atoms. The second-order valence-electron chi connectivity index (χ2n) is 12.1. The van der Waals surface area contributed by atoms with E-state index >= 15 is 0 Å². The minimum absolute atomic E-state index is 0.502. The molecule has 0 saturated heterocycles. The smallest absolute Gasteiger partial charge is 0.182 e. The predicted octanol–water partition coefficient (Wildman–Crippen LogP) is 10.2. The maximum atomic E-state index is 5.21. The lowest BCUT2D eigenvalue weighted by atomic mass is 10.00. The van der Waals surface area contributed by atoms with Crippen LogP contribution in [0.1, 0.15) is 5.56 Å². The van der Waals surface area contributed by atoms with E-state index in [0.717, 1.165) is 71.8 Å². The highest BCUT2D eigenvalue weighted by Gasteiger charge is 2.17. The fourth-order valence-electron chi connectivity index (χ4n) is 6.42. The Morgan fingerprint density at radius 2 is 1.02 bits per heavy atom. The summed E-state index contributed by atoms with van der Waals surface area (Å²) in [6.45, 7) is 2.10. The van der Waals surface area contributed by atoms with E-state index < -0.39 is 0 Å². The van der Waals surface area contributed by atoms with Crippen molar-refractivity contribution in [3.8, 4) is 56.7 Å². The Morgan fingerprint density at radius 3 is 1.86 bits per heavy atom. The van der Waals surface area contributed by atoms with Crippen LogP contribution in [0.15, 0.2) is 152 Å². The van der Waals surface area contributed by atoms with Crippen molar-refractivity contribution in [3.05, 3.63) is 157 Å². The zero-order chi connectivity index (χ0) is 32.7. The van der Waals surface area contributed by atoms with E-state index in [1.54, 1.807) is 0 Å². The third-order valence-corrected chi connectivity index (χ3v) is 8.88. The van der Waals surface area contributed by atoms with Crippen molar-refractivity contribution in [2.75, 3.05) is 0 Å². The number of fused-ring (bicyclic) bond motifs is 4. The monoisotopic (exact) mass is 628 g/mol. The predicted molar refractivity (Wildman–Crippen MR) is 198 cm³/mol. The Balaban J connectivity index is 1.23. The molecular formula is C43H28N6. The Morgan fingerprint density at radius 1 is 0.388 bits per heavy atom. The number of benzene rings is 5. The lowest BCUT2D eigenvalue weighted by Crippen LogP contribution is -2.02. The Kier molecular flexibility index (Phi) is 6.91. The van der Waals surface area contributed by atoms with Gasteiger partial charge in [0.2, 0.25) is 0 Å². The fourth-order valence-corrected chi connectivity index (χ4v) is 6.42. The van der Waals surface area contributed by atoms with Gasteiger partial charge in [0.15, 0.2) is 17.5 Å². The molecule has 230 valence electrons. The van der Waals surface area contributed by atoms with Gasteiger partial charge in [0.05, 0.1) is 22.2 Å². The van der Waals surface area contributed by atoms with Crippen LogP contribution < -0.4 is 0 Å². The summed E-state index contributed by atoms with van der Waals surface area (Å²) in [4.78, 5) is 30.1. The third-order valence-electron chi connectivity index (χ3n) is 8.88. The van der Waals surface area contributed by atoms with Crippen molar-refractivity contribution >= 4 is 32.7 Å². The van der Waals surface area contributed by atoms with Gasteiger partial charge in [0, 0.05) is 44.6 Å². The molecule has 6 nitrogen and oxygen atoms in total. The molecule has 0 radical (unpaired) electrons. The van der Waals surface area contributed by atoms with Gasteiger partial charge in [-0.1, -0.05) is 121 Å². The molecule has 0 aliphatic carbocycles. The van der Waals surface area contributed by atoms with Gasteiger partial charge in [-0.3, -0.25) is 4.98 Å². The SMILES string of the molecule is Cc1cc(-c2nc(-c3ccccc3)nc(-c3cccc(-c4cccc5cccnc45)c3)n2)nc2c1ccc1ccc(-c3ccccc3)nc12. The van der Waals surface area contributed by atoms with Gasteiger partial charge in [-0.2, -0.15) is 0 Å². The number of hydrogen-bond donors (Lipinski definition) is 0. The Labute approximate surface area is 282 Å². The highest BCUT2D eigenvalue weighted by atomic mass is 15.0. The van der Waals surface area contributed by atoms with Crippen LogP contribution in [0.4, 0.5) is 0 Å². The molecule has 0 bridgehead atoms. The van der Waals surface area contributed by atoms with Crippen LogP contribution in [0.2, 0.25) is 0 Å². The summed E-state index contributed by atoms with van der Waals surface area (Å²) < 4.78 is 0. The van der Waals surface area contributed by atoms with Gasteiger partial charge >= 0.3 is 0 Å². The first-order valence-electron chi connectivity index (χ1n) is 16.2. The van der Waals surface area contributed by atoms with Gasteiger partial charge in [-0.05, 0) is 42.3 Å². The van der Waals surface area contributed by atoms with Gasteiger partial charge in [-0.25, -0.2) is 24.9 Å². The molecule has 6 heteroatoms. The fraction of sp³-hybridized carbons (Fsp3) is 0.0233. The highest BCUT2D eigenvalue weighted by Crippen LogP contribution is 2.33. The molecule has 4 aromatic heterocycles. The second-order valence-corrected chi connectivity index (χ2v) is 12.1. The summed E-state index contributed by atoms with van der Waals surface area (Å²) in [5.41, 5.74) is 10.2. The molecular weight excluding hydrogens is 601 g/mol. The van der Waals surface area contributed by atoms with Crippen LogP contribution in [0.25, 0.3) is 89.4 Å². The summed E-state index contributed by atoms with van der Waals surface area (Å²) in [7, 11) is 0. The average Bonchev–Trinajstić information content (AvgIpc) is 3.18. The standard InChI is InChI=1S/C43H28N6/c1-27-25-37(46-40-34(27)22-20-30-21-23-36(45-39(30)40)28-11-4-2-5-12-28)43-48-41(31-13-6-3-7-14-31)47-42(49-43)33-17-8-16-32(26-33)35-19-9-15-29-18-10-24-44-38(29)35/h2-26H,1H3. The van der Waals surface area contributed by atoms with Crippen LogP contribution >= 0.6 is 0 Å².